The summed E-state index contributed by atoms with van der Waals surface area (Å²) >= 11 is 6.42. The van der Waals surface area contributed by atoms with E-state index < -0.39 is 41.7 Å². The minimum absolute atomic E-state index is 0.151. The number of nitrogens with zero attached hydrogens (tertiary/aromatic N) is 4. The Bertz CT molecular complexity index is 1390. The third-order valence-electron chi connectivity index (χ3n) is 3.49. The lowest BCUT2D eigenvalue weighted by atomic mass is 10.1. The first-order valence-corrected chi connectivity index (χ1v) is 11.9. The molecule has 0 atom stereocenters. The van der Waals surface area contributed by atoms with E-state index in [2.05, 4.69) is 56.5 Å². The molecular formula is C19H20Br2N6O4S. The third-order valence-corrected chi connectivity index (χ3v) is 5.30. The highest BCUT2D eigenvalue weighted by atomic mass is 79.9. The molecule has 0 aliphatic heterocycles. The smallest absolute Gasteiger partial charge is 0.316 e. The van der Waals surface area contributed by atoms with Gasteiger partial charge in [0.05, 0.1) is 15.5 Å². The van der Waals surface area contributed by atoms with Crippen LogP contribution < -0.4 is 18.9 Å². The van der Waals surface area contributed by atoms with Crippen molar-refractivity contribution in [2.24, 2.45) is 0 Å². The minimum atomic E-state index is -4.52. The SMILES string of the molecule is [2H]C([2H])(CC)NS(=O)(=O)Nc1ncnc(OC([2H])([2H])C([2H])([2H])Oc2ncc(Br)cn2)c1-c1ccc(Br)cc1. The van der Waals surface area contributed by atoms with Crippen molar-refractivity contribution < 1.29 is 26.1 Å². The minimum Gasteiger partial charge on any atom is -0.473 e. The molecule has 0 aliphatic carbocycles. The van der Waals surface area contributed by atoms with Gasteiger partial charge in [0.2, 0.25) is 5.88 Å². The van der Waals surface area contributed by atoms with E-state index in [1.54, 1.807) is 12.1 Å². The van der Waals surface area contributed by atoms with Gasteiger partial charge in [-0.2, -0.15) is 13.1 Å². The van der Waals surface area contributed by atoms with E-state index in [9.17, 15) is 8.42 Å². The van der Waals surface area contributed by atoms with Crippen molar-refractivity contribution in [2.75, 3.05) is 24.3 Å². The first kappa shape index (κ1) is 17.2. The van der Waals surface area contributed by atoms with Crippen LogP contribution in [0, 0.1) is 0 Å². The number of rotatable bonds is 11. The summed E-state index contributed by atoms with van der Waals surface area (Å²) in [5.41, 5.74) is 0.121. The fourth-order valence-corrected chi connectivity index (χ4v) is 3.47. The molecule has 0 radical (unpaired) electrons. The zero-order chi connectivity index (χ0) is 28.4. The Morgan fingerprint density at radius 1 is 1.00 bits per heavy atom. The summed E-state index contributed by atoms with van der Waals surface area (Å²) < 4.78 is 89.0. The van der Waals surface area contributed by atoms with Gasteiger partial charge in [-0.25, -0.2) is 19.9 Å². The molecule has 3 rings (SSSR count). The fraction of sp³-hybridized carbons (Fsp3) is 0.263. The quantitative estimate of drug-likeness (QED) is 0.345. The maximum absolute atomic E-state index is 12.7. The summed E-state index contributed by atoms with van der Waals surface area (Å²) in [7, 11) is -4.52. The normalized spacial score (nSPS) is 15.3. The van der Waals surface area contributed by atoms with Gasteiger partial charge < -0.3 is 9.47 Å². The van der Waals surface area contributed by atoms with Gasteiger partial charge >= 0.3 is 6.01 Å². The molecule has 2 heterocycles. The highest BCUT2D eigenvalue weighted by Gasteiger charge is 2.19. The van der Waals surface area contributed by atoms with Crippen molar-refractivity contribution in [2.45, 2.75) is 13.3 Å². The molecule has 0 saturated heterocycles. The van der Waals surface area contributed by atoms with E-state index in [0.717, 1.165) is 6.33 Å². The van der Waals surface area contributed by atoms with E-state index in [0.29, 0.717) is 8.95 Å². The zero-order valence-corrected chi connectivity index (χ0v) is 20.3. The second-order valence-corrected chi connectivity index (χ2v) is 8.99. The van der Waals surface area contributed by atoms with Crippen LogP contribution in [0.3, 0.4) is 0 Å². The highest BCUT2D eigenvalue weighted by Crippen LogP contribution is 2.34. The molecule has 13 heteroatoms. The lowest BCUT2D eigenvalue weighted by Gasteiger charge is -2.15. The first-order chi connectivity index (χ1) is 17.5. The molecule has 32 heavy (non-hydrogen) atoms. The van der Waals surface area contributed by atoms with Crippen LogP contribution in [0.4, 0.5) is 5.82 Å². The van der Waals surface area contributed by atoms with Crippen LogP contribution in [0.25, 0.3) is 11.1 Å². The lowest BCUT2D eigenvalue weighted by Crippen LogP contribution is -2.31. The summed E-state index contributed by atoms with van der Waals surface area (Å²) in [6, 6.07) is 5.82. The van der Waals surface area contributed by atoms with Gasteiger partial charge in [0, 0.05) is 26.1 Å². The van der Waals surface area contributed by atoms with Crippen LogP contribution in [-0.4, -0.2) is 48.0 Å². The molecule has 1 aromatic carbocycles. The number of aromatic nitrogens is 4. The number of nitrogens with one attached hydrogen (secondary N) is 2. The monoisotopic (exact) mass is 592 g/mol. The summed E-state index contributed by atoms with van der Waals surface area (Å²) in [5.74, 6) is -0.919. The van der Waals surface area contributed by atoms with Crippen LogP contribution in [-0.2, 0) is 10.2 Å². The zero-order valence-electron chi connectivity index (χ0n) is 22.3. The van der Waals surface area contributed by atoms with Crippen molar-refractivity contribution in [3.63, 3.8) is 0 Å². The van der Waals surface area contributed by atoms with E-state index in [1.807, 2.05) is 4.72 Å². The van der Waals surface area contributed by atoms with Crippen LogP contribution in [0.5, 0.6) is 11.9 Å². The Balaban J connectivity index is 2.03. The number of halogens is 2. The molecule has 0 amide bonds. The maximum Gasteiger partial charge on any atom is 0.316 e. The fourth-order valence-electron chi connectivity index (χ4n) is 2.21. The van der Waals surface area contributed by atoms with Crippen molar-refractivity contribution in [3.05, 3.63) is 51.9 Å². The van der Waals surface area contributed by atoms with Crippen molar-refractivity contribution in [1.29, 1.82) is 0 Å². The standard InChI is InChI=1S/C19H20Br2N6O4S/c1-2-7-26-32(28,29)27-17-16(13-3-5-14(20)6-4-13)18(25-12-24-17)30-8-9-31-19-22-10-15(21)11-23-19/h3-6,10-12,26H,2,7-9H2,1H3,(H,24,25,27)/i7D2,8D2,9D2. The second kappa shape index (κ2) is 11.5. The Morgan fingerprint density at radius 3 is 2.38 bits per heavy atom. The summed E-state index contributed by atoms with van der Waals surface area (Å²) in [5, 5.41) is 0. The van der Waals surface area contributed by atoms with Gasteiger partial charge in [0.1, 0.15) is 19.4 Å². The molecule has 3 aromatic rings. The van der Waals surface area contributed by atoms with E-state index >= 15 is 0 Å². The van der Waals surface area contributed by atoms with Gasteiger partial charge in [-0.3, -0.25) is 4.72 Å². The first-order valence-electron chi connectivity index (χ1n) is 11.8. The summed E-state index contributed by atoms with van der Waals surface area (Å²) in [4.78, 5) is 15.3. The highest BCUT2D eigenvalue weighted by molar-refractivity contribution is 9.10. The average Bonchev–Trinajstić information content (AvgIpc) is 2.80. The molecule has 0 bridgehead atoms. The maximum atomic E-state index is 12.7. The van der Waals surface area contributed by atoms with Gasteiger partial charge in [-0.15, -0.1) is 0 Å². The second-order valence-electron chi connectivity index (χ2n) is 5.74. The number of benzene rings is 1. The van der Waals surface area contributed by atoms with Crippen LogP contribution in [0.1, 0.15) is 21.6 Å². The molecule has 2 N–H and O–H groups in total. The number of anilines is 1. The Hall–Kier alpha value is -2.35. The van der Waals surface area contributed by atoms with Gasteiger partial charge in [0.15, 0.2) is 5.82 Å². The largest absolute Gasteiger partial charge is 0.473 e. The van der Waals surface area contributed by atoms with E-state index in [1.165, 1.54) is 31.5 Å². The topological polar surface area (TPSA) is 128 Å². The predicted molar refractivity (Wildman–Crippen MR) is 127 cm³/mol. The number of hydrogen-bond acceptors (Lipinski definition) is 8. The van der Waals surface area contributed by atoms with E-state index in [-0.39, 0.29) is 23.4 Å². The van der Waals surface area contributed by atoms with Crippen molar-refractivity contribution in [3.8, 4) is 23.0 Å². The molecule has 0 aliphatic rings. The van der Waals surface area contributed by atoms with Gasteiger partial charge in [0.25, 0.3) is 10.2 Å². The molecule has 10 nitrogen and oxygen atoms in total. The van der Waals surface area contributed by atoms with E-state index in [4.69, 9.17) is 17.7 Å². The molecule has 0 spiro atoms. The number of hydrogen-bond donors (Lipinski definition) is 2. The van der Waals surface area contributed by atoms with Crippen molar-refractivity contribution >= 4 is 47.9 Å². The van der Waals surface area contributed by atoms with Crippen LogP contribution >= 0.6 is 31.9 Å². The molecule has 0 fully saturated rings. The van der Waals surface area contributed by atoms with Gasteiger partial charge in [-0.05, 0) is 40.0 Å². The lowest BCUT2D eigenvalue weighted by molar-refractivity contribution is 0.202. The van der Waals surface area contributed by atoms with Crippen LogP contribution in [0.2, 0.25) is 0 Å². The van der Waals surface area contributed by atoms with Crippen LogP contribution in [0.15, 0.2) is 51.9 Å². The van der Waals surface area contributed by atoms with Gasteiger partial charge in [-0.1, -0.05) is 35.0 Å². The summed E-state index contributed by atoms with van der Waals surface area (Å²) in [6.45, 7) is -7.18. The average molecular weight is 594 g/mol. The Morgan fingerprint density at radius 2 is 1.69 bits per heavy atom. The van der Waals surface area contributed by atoms with Crippen molar-refractivity contribution in [1.82, 2.24) is 24.7 Å². The number of ether oxygens (including phenoxy) is 2. The molecule has 170 valence electrons. The Labute approximate surface area is 211 Å². The third kappa shape index (κ3) is 7.08. The molecule has 0 unspecified atom stereocenters. The predicted octanol–water partition coefficient (Wildman–Crippen LogP) is 3.57. The molecular weight excluding hydrogens is 568 g/mol. The molecule has 0 saturated carbocycles. The summed E-state index contributed by atoms with van der Waals surface area (Å²) in [6.07, 6.45) is 3.26. The molecule has 2 aromatic heterocycles. The Kier molecular flexibility index (Phi) is 6.17.